The summed E-state index contributed by atoms with van der Waals surface area (Å²) in [6.07, 6.45) is 0. The molecule has 2 N–H and O–H groups in total. The number of nitrogens with zero attached hydrogens (tertiary/aromatic N) is 2. The van der Waals surface area contributed by atoms with E-state index in [4.69, 9.17) is 10.5 Å². The molecule has 0 bridgehead atoms. The first-order chi connectivity index (χ1) is 9.17. The number of aryl methyl sites for hydroxylation is 1. The Morgan fingerprint density at radius 2 is 1.95 bits per heavy atom. The summed E-state index contributed by atoms with van der Waals surface area (Å²) in [6.45, 7) is 4.94. The second-order valence-corrected chi connectivity index (χ2v) is 4.30. The normalized spacial score (nSPS) is 10.3. The third-order valence-corrected chi connectivity index (χ3v) is 3.07. The molecule has 0 amide bonds. The third-order valence-electron chi connectivity index (χ3n) is 3.07. The zero-order valence-corrected chi connectivity index (χ0v) is 11.6. The van der Waals surface area contributed by atoms with Crippen LogP contribution in [-0.2, 0) is 0 Å². The van der Waals surface area contributed by atoms with Crippen LogP contribution in [0.15, 0.2) is 36.4 Å². The Kier molecular flexibility index (Phi) is 3.90. The fourth-order valence-corrected chi connectivity index (χ4v) is 2.07. The molecule has 1 aromatic heterocycles. The summed E-state index contributed by atoms with van der Waals surface area (Å²) in [5.74, 6) is 1.30. The Labute approximate surface area is 113 Å². The molecule has 0 unspecified atom stereocenters. The molecule has 2 rings (SSSR count). The standard InChI is InChI=1S/C15H19N3O/c1-4-18(13-8-6-5-7-11(13)2)15-12(16)9-10-14(17-15)19-3/h5-10H,4,16H2,1-3H3. The molecule has 19 heavy (non-hydrogen) atoms. The fourth-order valence-electron chi connectivity index (χ4n) is 2.07. The van der Waals surface area contributed by atoms with Crippen molar-refractivity contribution in [2.75, 3.05) is 24.3 Å². The van der Waals surface area contributed by atoms with Gasteiger partial charge < -0.3 is 15.4 Å². The van der Waals surface area contributed by atoms with E-state index < -0.39 is 0 Å². The zero-order chi connectivity index (χ0) is 13.8. The molecule has 1 aromatic carbocycles. The molecule has 0 spiro atoms. The number of aromatic nitrogens is 1. The maximum Gasteiger partial charge on any atom is 0.215 e. The highest BCUT2D eigenvalue weighted by Gasteiger charge is 2.14. The Morgan fingerprint density at radius 1 is 1.21 bits per heavy atom. The van der Waals surface area contributed by atoms with E-state index in [-0.39, 0.29) is 0 Å². The van der Waals surface area contributed by atoms with Crippen LogP contribution in [-0.4, -0.2) is 18.6 Å². The van der Waals surface area contributed by atoms with Crippen LogP contribution in [0.25, 0.3) is 0 Å². The maximum atomic E-state index is 6.05. The van der Waals surface area contributed by atoms with Crippen molar-refractivity contribution >= 4 is 17.2 Å². The number of nitrogens with two attached hydrogens (primary N) is 1. The summed E-state index contributed by atoms with van der Waals surface area (Å²) in [5.41, 5.74) is 8.99. The predicted molar refractivity (Wildman–Crippen MR) is 79.1 cm³/mol. The molecule has 0 saturated carbocycles. The van der Waals surface area contributed by atoms with Gasteiger partial charge in [0.1, 0.15) is 0 Å². The Bertz CT molecular complexity index is 569. The molecule has 0 atom stereocenters. The first kappa shape index (κ1) is 13.2. The lowest BCUT2D eigenvalue weighted by molar-refractivity contribution is 0.398. The van der Waals surface area contributed by atoms with E-state index in [1.807, 2.05) is 18.2 Å². The molecule has 100 valence electrons. The van der Waals surface area contributed by atoms with Gasteiger partial charge in [0, 0.05) is 18.3 Å². The molecule has 1 heterocycles. The Hall–Kier alpha value is -2.23. The van der Waals surface area contributed by atoms with Gasteiger partial charge in [-0.05, 0) is 31.5 Å². The zero-order valence-electron chi connectivity index (χ0n) is 11.6. The monoisotopic (exact) mass is 257 g/mol. The van der Waals surface area contributed by atoms with Crippen LogP contribution in [0, 0.1) is 6.92 Å². The molecule has 0 aliphatic heterocycles. The van der Waals surface area contributed by atoms with E-state index in [1.54, 1.807) is 13.2 Å². The lowest BCUT2D eigenvalue weighted by Gasteiger charge is -2.25. The van der Waals surface area contributed by atoms with Crippen LogP contribution in [0.2, 0.25) is 0 Å². The van der Waals surface area contributed by atoms with Crippen LogP contribution >= 0.6 is 0 Å². The van der Waals surface area contributed by atoms with Gasteiger partial charge in [-0.25, -0.2) is 0 Å². The van der Waals surface area contributed by atoms with E-state index in [2.05, 4.69) is 35.9 Å². The van der Waals surface area contributed by atoms with Crippen molar-refractivity contribution in [2.45, 2.75) is 13.8 Å². The van der Waals surface area contributed by atoms with Crippen LogP contribution in [0.5, 0.6) is 5.88 Å². The molecule has 4 heteroatoms. The lowest BCUT2D eigenvalue weighted by atomic mass is 10.1. The number of ether oxygens (including phenoxy) is 1. The number of benzene rings is 1. The first-order valence-electron chi connectivity index (χ1n) is 6.31. The molecular formula is C15H19N3O. The van der Waals surface area contributed by atoms with Crippen molar-refractivity contribution in [3.05, 3.63) is 42.0 Å². The van der Waals surface area contributed by atoms with Gasteiger partial charge in [0.25, 0.3) is 0 Å². The smallest absolute Gasteiger partial charge is 0.215 e. The number of anilines is 3. The van der Waals surface area contributed by atoms with Crippen LogP contribution in [0.3, 0.4) is 0 Å². The summed E-state index contributed by atoms with van der Waals surface area (Å²) in [6, 6.07) is 11.8. The van der Waals surface area contributed by atoms with E-state index in [0.717, 1.165) is 18.1 Å². The molecule has 0 saturated heterocycles. The van der Waals surface area contributed by atoms with Gasteiger partial charge in [-0.1, -0.05) is 18.2 Å². The van der Waals surface area contributed by atoms with Crippen molar-refractivity contribution in [1.82, 2.24) is 4.98 Å². The summed E-state index contributed by atoms with van der Waals surface area (Å²) < 4.78 is 5.18. The molecule has 2 aromatic rings. The highest BCUT2D eigenvalue weighted by atomic mass is 16.5. The Balaban J connectivity index is 2.51. The van der Waals surface area contributed by atoms with Crippen molar-refractivity contribution in [3.63, 3.8) is 0 Å². The number of rotatable bonds is 4. The van der Waals surface area contributed by atoms with Crippen LogP contribution in [0.1, 0.15) is 12.5 Å². The number of pyridine rings is 1. The molecular weight excluding hydrogens is 238 g/mol. The summed E-state index contributed by atoms with van der Waals surface area (Å²) in [7, 11) is 1.60. The number of para-hydroxylation sites is 1. The van der Waals surface area contributed by atoms with Gasteiger partial charge in [0.05, 0.1) is 12.8 Å². The number of hydrogen-bond donors (Lipinski definition) is 1. The highest BCUT2D eigenvalue weighted by Crippen LogP contribution is 2.31. The second kappa shape index (κ2) is 5.61. The van der Waals surface area contributed by atoms with Gasteiger partial charge in [-0.15, -0.1) is 0 Å². The molecule has 0 fully saturated rings. The average Bonchev–Trinajstić information content (AvgIpc) is 2.43. The summed E-state index contributed by atoms with van der Waals surface area (Å²) in [5, 5.41) is 0. The topological polar surface area (TPSA) is 51.4 Å². The van der Waals surface area contributed by atoms with Crippen LogP contribution < -0.4 is 15.4 Å². The number of methoxy groups -OCH3 is 1. The predicted octanol–water partition coefficient (Wildman–Crippen LogP) is 3.14. The number of nitrogen functional groups attached to an aromatic ring is 1. The van der Waals surface area contributed by atoms with Crippen molar-refractivity contribution in [3.8, 4) is 5.88 Å². The largest absolute Gasteiger partial charge is 0.481 e. The van der Waals surface area contributed by atoms with E-state index in [1.165, 1.54) is 5.56 Å². The van der Waals surface area contributed by atoms with Gasteiger partial charge >= 0.3 is 0 Å². The van der Waals surface area contributed by atoms with Gasteiger partial charge in [-0.3, -0.25) is 0 Å². The summed E-state index contributed by atoms with van der Waals surface area (Å²) >= 11 is 0. The van der Waals surface area contributed by atoms with Gasteiger partial charge in [0.15, 0.2) is 5.82 Å². The van der Waals surface area contributed by atoms with Crippen molar-refractivity contribution in [2.24, 2.45) is 0 Å². The third kappa shape index (κ3) is 2.62. The molecule has 0 aliphatic carbocycles. The Morgan fingerprint density at radius 3 is 2.58 bits per heavy atom. The second-order valence-electron chi connectivity index (χ2n) is 4.30. The molecule has 4 nitrogen and oxygen atoms in total. The van der Waals surface area contributed by atoms with E-state index in [0.29, 0.717) is 11.6 Å². The minimum absolute atomic E-state index is 0.566. The van der Waals surface area contributed by atoms with Crippen LogP contribution in [0.4, 0.5) is 17.2 Å². The SMILES string of the molecule is CCN(c1ccccc1C)c1nc(OC)ccc1N. The van der Waals surface area contributed by atoms with E-state index >= 15 is 0 Å². The van der Waals surface area contributed by atoms with Gasteiger partial charge in [-0.2, -0.15) is 4.98 Å². The quantitative estimate of drug-likeness (QED) is 0.914. The van der Waals surface area contributed by atoms with Crippen molar-refractivity contribution < 1.29 is 4.74 Å². The molecule has 0 radical (unpaired) electrons. The molecule has 0 aliphatic rings. The van der Waals surface area contributed by atoms with E-state index in [9.17, 15) is 0 Å². The highest BCUT2D eigenvalue weighted by molar-refractivity contribution is 5.73. The first-order valence-corrected chi connectivity index (χ1v) is 6.31. The number of hydrogen-bond acceptors (Lipinski definition) is 4. The fraction of sp³-hybridized carbons (Fsp3) is 0.267. The lowest BCUT2D eigenvalue weighted by Crippen LogP contribution is -2.20. The van der Waals surface area contributed by atoms with Crippen molar-refractivity contribution in [1.29, 1.82) is 0 Å². The summed E-state index contributed by atoms with van der Waals surface area (Å²) in [4.78, 5) is 6.55. The van der Waals surface area contributed by atoms with Gasteiger partial charge in [0.2, 0.25) is 5.88 Å². The average molecular weight is 257 g/mol. The minimum atomic E-state index is 0.566. The minimum Gasteiger partial charge on any atom is -0.481 e. The maximum absolute atomic E-state index is 6.05.